The highest BCUT2D eigenvalue weighted by Crippen LogP contribution is 2.45. The fourth-order valence-electron chi connectivity index (χ4n) is 10.7. The average Bonchev–Trinajstić information content (AvgIpc) is 1.02. The number of carbonyl (C=O) groups is 4. The van der Waals surface area contributed by atoms with Crippen molar-refractivity contribution in [1.82, 2.24) is 0 Å². The number of allylic oxidation sites excluding steroid dienone is 12. The van der Waals surface area contributed by atoms with Crippen LogP contribution in [0.2, 0.25) is 0 Å². The van der Waals surface area contributed by atoms with E-state index in [1.807, 2.05) is 12.2 Å². The third-order valence-electron chi connectivity index (χ3n) is 16.7. The minimum atomic E-state index is -4.99. The summed E-state index contributed by atoms with van der Waals surface area (Å²) in [5.41, 5.74) is 0. The number of phosphoric acid groups is 2. The molecular weight excluding hydrogens is 1280 g/mol. The van der Waals surface area contributed by atoms with Gasteiger partial charge in [0.05, 0.1) is 26.4 Å². The van der Waals surface area contributed by atoms with Gasteiger partial charge in [0.25, 0.3) is 0 Å². The van der Waals surface area contributed by atoms with Gasteiger partial charge in [-0.1, -0.05) is 300 Å². The number of aliphatic hydroxyl groups excluding tert-OH is 1. The van der Waals surface area contributed by atoms with Crippen LogP contribution in [-0.4, -0.2) is 96.7 Å². The second-order valence-corrected chi connectivity index (χ2v) is 29.2. The van der Waals surface area contributed by atoms with Crippen molar-refractivity contribution in [3.05, 3.63) is 72.9 Å². The molecule has 2 unspecified atom stereocenters. The lowest BCUT2D eigenvalue weighted by molar-refractivity contribution is -0.161. The molecule has 0 saturated heterocycles. The van der Waals surface area contributed by atoms with Gasteiger partial charge >= 0.3 is 39.5 Å². The van der Waals surface area contributed by atoms with Gasteiger partial charge in [-0.25, -0.2) is 9.13 Å². The van der Waals surface area contributed by atoms with Gasteiger partial charge in [-0.2, -0.15) is 0 Å². The predicted octanol–water partition coefficient (Wildman–Crippen LogP) is 22.4. The van der Waals surface area contributed by atoms with E-state index < -0.39 is 97.5 Å². The Hall–Kier alpha value is -3.50. The van der Waals surface area contributed by atoms with Gasteiger partial charge in [-0.05, 0) is 96.3 Å². The number of unbranched alkanes of at least 4 members (excludes halogenated alkanes) is 36. The zero-order chi connectivity index (χ0) is 71.8. The van der Waals surface area contributed by atoms with E-state index in [-0.39, 0.29) is 25.7 Å². The molecule has 0 fully saturated rings. The minimum absolute atomic E-state index is 0.0186. The van der Waals surface area contributed by atoms with Gasteiger partial charge in [0.15, 0.2) is 12.2 Å². The van der Waals surface area contributed by atoms with Gasteiger partial charge in [-0.15, -0.1) is 0 Å². The van der Waals surface area contributed by atoms with Crippen LogP contribution in [0.4, 0.5) is 0 Å². The first-order valence-electron chi connectivity index (χ1n) is 39.2. The maximum atomic E-state index is 13.1. The second kappa shape index (κ2) is 71.9. The van der Waals surface area contributed by atoms with Crippen LogP contribution in [0.15, 0.2) is 72.9 Å². The standard InChI is InChI=1S/C79H142O17P2/c1-5-9-13-17-21-25-29-33-35-36-38-42-46-50-54-58-62-66-79(84)96-75(70-90-77(82)64-60-56-52-48-44-41-37-34-30-26-22-18-14-10-6-2)72-94-98(87,88)92-68-73(80)67-91-97(85,86)93-71-74(95-78(83)65-61-57-53-49-45-40-32-28-24-20-16-12-8-4)69-89-76(81)63-59-55-51-47-43-39-31-27-23-19-15-11-7-3/h21-22,25-26,33-35,37-38,42,50,54,73-75,80H,5-20,23-24,27-32,36,39-41,43-49,51-53,55-72H2,1-4H3,(H,85,86)(H,87,88)/b25-21-,26-22-,35-33-,37-34-,42-38-,54-50-/t73-,74-,75-/m1/s1. The molecule has 570 valence electrons. The number of hydrogen-bond donors (Lipinski definition) is 3. The summed E-state index contributed by atoms with van der Waals surface area (Å²) in [5.74, 6) is -2.23. The molecule has 0 rings (SSSR count). The second-order valence-electron chi connectivity index (χ2n) is 26.3. The van der Waals surface area contributed by atoms with E-state index in [4.69, 9.17) is 37.0 Å². The Bertz CT molecular complexity index is 2140. The summed E-state index contributed by atoms with van der Waals surface area (Å²) < 4.78 is 68.5. The molecule has 17 nitrogen and oxygen atoms in total. The zero-order valence-corrected chi connectivity index (χ0v) is 64.0. The molecule has 0 aliphatic rings. The molecule has 5 atom stereocenters. The number of rotatable bonds is 74. The van der Waals surface area contributed by atoms with E-state index >= 15 is 0 Å². The molecular formula is C79H142O17P2. The SMILES string of the molecule is CCCCC/C=C\C/C=C\C/C=C\C/C=C\CCCC(=O)O[C@H](COC(=O)CCCCCCC/C=C\C/C=C\CCCCC)COP(=O)(O)OC[C@H](O)COP(=O)(O)OC[C@@H](COC(=O)CCCCCCCCCCCCCCC)OC(=O)CCCCCCCCCCCCCCC. The summed E-state index contributed by atoms with van der Waals surface area (Å²) in [5, 5.41) is 10.6. The molecule has 0 heterocycles. The monoisotopic (exact) mass is 1420 g/mol. The first-order valence-corrected chi connectivity index (χ1v) is 42.2. The Morgan fingerprint density at radius 2 is 0.510 bits per heavy atom. The lowest BCUT2D eigenvalue weighted by Crippen LogP contribution is -2.30. The fraction of sp³-hybridized carbons (Fsp3) is 0.797. The molecule has 0 spiro atoms. The quantitative estimate of drug-likeness (QED) is 0.0169. The highest BCUT2D eigenvalue weighted by atomic mass is 31.2. The van der Waals surface area contributed by atoms with Gasteiger partial charge in [0.2, 0.25) is 0 Å². The summed E-state index contributed by atoms with van der Waals surface area (Å²) in [6.07, 6.45) is 71.7. The first-order chi connectivity index (χ1) is 47.7. The van der Waals surface area contributed by atoms with Crippen LogP contribution in [0.3, 0.4) is 0 Å². The summed E-state index contributed by atoms with van der Waals surface area (Å²) in [6, 6.07) is 0. The highest BCUT2D eigenvalue weighted by Gasteiger charge is 2.30. The Balaban J connectivity index is 5.38. The van der Waals surface area contributed by atoms with Crippen molar-refractivity contribution in [2.75, 3.05) is 39.6 Å². The number of phosphoric ester groups is 2. The Morgan fingerprint density at radius 3 is 0.827 bits per heavy atom. The molecule has 19 heteroatoms. The van der Waals surface area contributed by atoms with Crippen LogP contribution in [-0.2, 0) is 65.4 Å². The Morgan fingerprint density at radius 1 is 0.286 bits per heavy atom. The van der Waals surface area contributed by atoms with Crippen LogP contribution in [0.1, 0.15) is 349 Å². The van der Waals surface area contributed by atoms with Crippen LogP contribution in [0.5, 0.6) is 0 Å². The number of ether oxygens (including phenoxy) is 4. The third kappa shape index (κ3) is 70.9. The maximum absolute atomic E-state index is 13.1. The van der Waals surface area contributed by atoms with Crippen LogP contribution < -0.4 is 0 Å². The van der Waals surface area contributed by atoms with Crippen LogP contribution >= 0.6 is 15.6 Å². The smallest absolute Gasteiger partial charge is 0.462 e. The summed E-state index contributed by atoms with van der Waals surface area (Å²) in [6.45, 7) is 4.79. The molecule has 0 amide bonds. The van der Waals surface area contributed by atoms with Crippen LogP contribution in [0, 0.1) is 0 Å². The van der Waals surface area contributed by atoms with Crippen molar-refractivity contribution >= 4 is 39.5 Å². The van der Waals surface area contributed by atoms with E-state index in [2.05, 4.69) is 88.5 Å². The highest BCUT2D eigenvalue weighted by molar-refractivity contribution is 7.47. The molecule has 0 aliphatic heterocycles. The summed E-state index contributed by atoms with van der Waals surface area (Å²) in [4.78, 5) is 72.8. The van der Waals surface area contributed by atoms with Crippen molar-refractivity contribution in [3.63, 3.8) is 0 Å². The Kier molecular flexibility index (Phi) is 69.3. The minimum Gasteiger partial charge on any atom is -0.462 e. The van der Waals surface area contributed by atoms with Crippen LogP contribution in [0.25, 0.3) is 0 Å². The normalized spacial score (nSPS) is 14.3. The lowest BCUT2D eigenvalue weighted by Gasteiger charge is -2.21. The molecule has 0 aromatic rings. The zero-order valence-electron chi connectivity index (χ0n) is 62.2. The van der Waals surface area contributed by atoms with Crippen molar-refractivity contribution in [3.8, 4) is 0 Å². The molecule has 0 aliphatic carbocycles. The number of esters is 4. The molecule has 0 aromatic carbocycles. The molecule has 0 radical (unpaired) electrons. The number of carbonyl (C=O) groups excluding carboxylic acids is 4. The van der Waals surface area contributed by atoms with E-state index in [0.717, 1.165) is 116 Å². The maximum Gasteiger partial charge on any atom is 0.472 e. The van der Waals surface area contributed by atoms with E-state index in [1.54, 1.807) is 0 Å². The lowest BCUT2D eigenvalue weighted by atomic mass is 10.0. The van der Waals surface area contributed by atoms with Crippen molar-refractivity contribution in [2.24, 2.45) is 0 Å². The first kappa shape index (κ1) is 94.5. The molecule has 0 aromatic heterocycles. The van der Waals surface area contributed by atoms with E-state index in [1.165, 1.54) is 148 Å². The van der Waals surface area contributed by atoms with E-state index in [9.17, 15) is 43.2 Å². The molecule has 3 N–H and O–H groups in total. The predicted molar refractivity (Wildman–Crippen MR) is 400 cm³/mol. The summed E-state index contributed by atoms with van der Waals surface area (Å²) in [7, 11) is -9.96. The third-order valence-corrected chi connectivity index (χ3v) is 18.6. The van der Waals surface area contributed by atoms with Crippen molar-refractivity contribution in [1.29, 1.82) is 0 Å². The van der Waals surface area contributed by atoms with Gasteiger partial charge in [0.1, 0.15) is 19.3 Å². The van der Waals surface area contributed by atoms with Gasteiger partial charge < -0.3 is 33.8 Å². The average molecular weight is 1430 g/mol. The molecule has 98 heavy (non-hydrogen) atoms. The Labute approximate surface area is 596 Å². The van der Waals surface area contributed by atoms with Gasteiger partial charge in [-0.3, -0.25) is 37.3 Å². The number of aliphatic hydroxyl groups is 1. The fourth-order valence-corrected chi connectivity index (χ4v) is 12.2. The summed E-state index contributed by atoms with van der Waals surface area (Å²) >= 11 is 0. The van der Waals surface area contributed by atoms with Gasteiger partial charge in [0, 0.05) is 25.7 Å². The van der Waals surface area contributed by atoms with Crippen molar-refractivity contribution < 1.29 is 80.2 Å². The largest absolute Gasteiger partial charge is 0.472 e. The topological polar surface area (TPSA) is 237 Å². The molecule has 0 saturated carbocycles. The van der Waals surface area contributed by atoms with Crippen molar-refractivity contribution in [2.45, 2.75) is 367 Å². The van der Waals surface area contributed by atoms with E-state index in [0.29, 0.717) is 32.1 Å². The molecule has 0 bridgehead atoms. The number of hydrogen-bond acceptors (Lipinski definition) is 15.